The second-order valence-corrected chi connectivity index (χ2v) is 3.95. The third-order valence-electron chi connectivity index (χ3n) is 2.26. The van der Waals surface area contributed by atoms with Gasteiger partial charge in [0.15, 0.2) is 0 Å². The summed E-state index contributed by atoms with van der Waals surface area (Å²) in [5, 5.41) is 17.4. The van der Waals surface area contributed by atoms with Gasteiger partial charge in [-0.2, -0.15) is 0 Å². The fourth-order valence-corrected chi connectivity index (χ4v) is 1.67. The standard InChI is InChI=1S/C11H12ClN3O2/c1-15-5-8(13-14-15)7-17-11-4-2-3-10(12)9(11)6-16/h2-5,16H,6-7H2,1H3. The van der Waals surface area contributed by atoms with Gasteiger partial charge < -0.3 is 9.84 Å². The molecule has 0 aliphatic carbocycles. The molecule has 90 valence electrons. The van der Waals surface area contributed by atoms with Crippen LogP contribution in [0, 0.1) is 0 Å². The number of nitrogens with zero attached hydrogens (tertiary/aromatic N) is 3. The second-order valence-electron chi connectivity index (χ2n) is 3.55. The molecule has 1 aromatic heterocycles. The van der Waals surface area contributed by atoms with Gasteiger partial charge in [-0.25, -0.2) is 0 Å². The number of hydrogen-bond donors (Lipinski definition) is 1. The maximum Gasteiger partial charge on any atom is 0.134 e. The summed E-state index contributed by atoms with van der Waals surface area (Å²) in [7, 11) is 1.79. The summed E-state index contributed by atoms with van der Waals surface area (Å²) in [6, 6.07) is 5.24. The van der Waals surface area contributed by atoms with E-state index in [2.05, 4.69) is 10.3 Å². The van der Waals surface area contributed by atoms with Gasteiger partial charge in [0, 0.05) is 17.6 Å². The van der Waals surface area contributed by atoms with Crippen LogP contribution in [0.5, 0.6) is 5.75 Å². The topological polar surface area (TPSA) is 60.2 Å². The van der Waals surface area contributed by atoms with Crippen LogP contribution < -0.4 is 4.74 Å². The van der Waals surface area contributed by atoms with E-state index in [1.54, 1.807) is 36.1 Å². The molecular weight excluding hydrogens is 242 g/mol. The molecule has 0 aliphatic rings. The third kappa shape index (κ3) is 2.75. The van der Waals surface area contributed by atoms with Gasteiger partial charge in [-0.15, -0.1) is 5.10 Å². The van der Waals surface area contributed by atoms with Gasteiger partial charge in [0.1, 0.15) is 18.1 Å². The molecule has 2 aromatic rings. The van der Waals surface area contributed by atoms with Crippen LogP contribution in [0.2, 0.25) is 5.02 Å². The number of hydrogen-bond acceptors (Lipinski definition) is 4. The Balaban J connectivity index is 2.11. The van der Waals surface area contributed by atoms with E-state index in [4.69, 9.17) is 16.3 Å². The molecule has 0 amide bonds. The van der Waals surface area contributed by atoms with Crippen molar-refractivity contribution < 1.29 is 9.84 Å². The molecule has 0 bridgehead atoms. The van der Waals surface area contributed by atoms with Gasteiger partial charge in [-0.1, -0.05) is 22.9 Å². The second kappa shape index (κ2) is 5.16. The average molecular weight is 254 g/mol. The summed E-state index contributed by atoms with van der Waals surface area (Å²) in [6.07, 6.45) is 1.77. The van der Waals surface area contributed by atoms with Crippen molar-refractivity contribution in [2.75, 3.05) is 0 Å². The van der Waals surface area contributed by atoms with Crippen LogP contribution in [0.15, 0.2) is 24.4 Å². The summed E-state index contributed by atoms with van der Waals surface area (Å²) in [5.41, 5.74) is 1.30. The Morgan fingerprint density at radius 2 is 2.29 bits per heavy atom. The van der Waals surface area contributed by atoms with Crippen LogP contribution >= 0.6 is 11.6 Å². The predicted octanol–water partition coefficient (Wildman–Crippen LogP) is 1.54. The van der Waals surface area contributed by atoms with Crippen molar-refractivity contribution in [2.24, 2.45) is 7.05 Å². The summed E-state index contributed by atoms with van der Waals surface area (Å²) in [6.45, 7) is 0.136. The maximum absolute atomic E-state index is 9.20. The molecule has 0 saturated heterocycles. The molecular formula is C11H12ClN3O2. The van der Waals surface area contributed by atoms with Crippen LogP contribution in [-0.4, -0.2) is 20.1 Å². The lowest BCUT2D eigenvalue weighted by Gasteiger charge is -2.09. The fraction of sp³-hybridized carbons (Fsp3) is 0.273. The zero-order valence-electron chi connectivity index (χ0n) is 9.30. The van der Waals surface area contributed by atoms with E-state index in [0.29, 0.717) is 22.9 Å². The van der Waals surface area contributed by atoms with Crippen LogP contribution in [-0.2, 0) is 20.3 Å². The maximum atomic E-state index is 9.20. The Bertz CT molecular complexity index is 513. The van der Waals surface area contributed by atoms with Gasteiger partial charge in [0.2, 0.25) is 0 Å². The summed E-state index contributed by atoms with van der Waals surface area (Å²) in [4.78, 5) is 0. The number of benzene rings is 1. The van der Waals surface area contributed by atoms with E-state index < -0.39 is 0 Å². The number of aliphatic hydroxyl groups is 1. The predicted molar refractivity (Wildman–Crippen MR) is 62.7 cm³/mol. The number of ether oxygens (including phenoxy) is 1. The minimum absolute atomic E-state index is 0.157. The van der Waals surface area contributed by atoms with E-state index in [-0.39, 0.29) is 6.61 Å². The Kier molecular flexibility index (Phi) is 3.61. The number of rotatable bonds is 4. The lowest BCUT2D eigenvalue weighted by molar-refractivity contribution is 0.257. The number of halogens is 1. The molecule has 0 spiro atoms. The van der Waals surface area contributed by atoms with Crippen molar-refractivity contribution in [2.45, 2.75) is 13.2 Å². The van der Waals surface area contributed by atoms with Gasteiger partial charge in [-0.3, -0.25) is 4.68 Å². The number of aromatic nitrogens is 3. The molecule has 0 aliphatic heterocycles. The van der Waals surface area contributed by atoms with Gasteiger partial charge in [0.05, 0.1) is 12.8 Å². The van der Waals surface area contributed by atoms with Crippen LogP contribution in [0.3, 0.4) is 0 Å². The molecule has 5 nitrogen and oxygen atoms in total. The molecule has 0 saturated carbocycles. The van der Waals surface area contributed by atoms with E-state index in [0.717, 1.165) is 5.69 Å². The molecule has 0 atom stereocenters. The third-order valence-corrected chi connectivity index (χ3v) is 2.61. The van der Waals surface area contributed by atoms with Crippen LogP contribution in [0.25, 0.3) is 0 Å². The number of aliphatic hydroxyl groups excluding tert-OH is 1. The van der Waals surface area contributed by atoms with Crippen molar-refractivity contribution in [1.82, 2.24) is 15.0 Å². The first-order valence-corrected chi connectivity index (χ1v) is 5.44. The molecule has 6 heteroatoms. The highest BCUT2D eigenvalue weighted by Crippen LogP contribution is 2.26. The zero-order chi connectivity index (χ0) is 12.3. The lowest BCUT2D eigenvalue weighted by atomic mass is 10.2. The Hall–Kier alpha value is -1.59. The molecule has 1 aromatic carbocycles. The molecule has 0 radical (unpaired) electrons. The average Bonchev–Trinajstić information content (AvgIpc) is 2.72. The minimum atomic E-state index is -0.157. The van der Waals surface area contributed by atoms with E-state index in [1.165, 1.54) is 0 Å². The summed E-state index contributed by atoms with van der Waals surface area (Å²) >= 11 is 5.94. The van der Waals surface area contributed by atoms with Crippen molar-refractivity contribution in [1.29, 1.82) is 0 Å². The minimum Gasteiger partial charge on any atom is -0.487 e. The monoisotopic (exact) mass is 253 g/mol. The molecule has 0 unspecified atom stereocenters. The molecule has 17 heavy (non-hydrogen) atoms. The van der Waals surface area contributed by atoms with Crippen LogP contribution in [0.4, 0.5) is 0 Å². The molecule has 1 heterocycles. The van der Waals surface area contributed by atoms with E-state index in [9.17, 15) is 5.11 Å². The van der Waals surface area contributed by atoms with E-state index >= 15 is 0 Å². The van der Waals surface area contributed by atoms with Gasteiger partial charge in [-0.05, 0) is 12.1 Å². The van der Waals surface area contributed by atoms with Crippen molar-refractivity contribution in [3.05, 3.63) is 40.7 Å². The Morgan fingerprint density at radius 1 is 1.47 bits per heavy atom. The largest absolute Gasteiger partial charge is 0.487 e. The highest BCUT2D eigenvalue weighted by Gasteiger charge is 2.08. The van der Waals surface area contributed by atoms with Gasteiger partial charge in [0.25, 0.3) is 0 Å². The Morgan fingerprint density at radius 3 is 2.94 bits per heavy atom. The van der Waals surface area contributed by atoms with Crippen LogP contribution in [0.1, 0.15) is 11.3 Å². The molecule has 2 rings (SSSR count). The quantitative estimate of drug-likeness (QED) is 0.898. The van der Waals surface area contributed by atoms with E-state index in [1.807, 2.05) is 0 Å². The fourth-order valence-electron chi connectivity index (χ4n) is 1.44. The first kappa shape index (κ1) is 11.9. The highest BCUT2D eigenvalue weighted by atomic mass is 35.5. The van der Waals surface area contributed by atoms with Gasteiger partial charge >= 0.3 is 0 Å². The molecule has 1 N–H and O–H groups in total. The lowest BCUT2D eigenvalue weighted by Crippen LogP contribution is -1.99. The zero-order valence-corrected chi connectivity index (χ0v) is 10.1. The summed E-state index contributed by atoms with van der Waals surface area (Å²) in [5.74, 6) is 0.561. The first-order valence-electron chi connectivity index (χ1n) is 5.07. The van der Waals surface area contributed by atoms with Crippen molar-refractivity contribution in [3.63, 3.8) is 0 Å². The number of aryl methyl sites for hydroxylation is 1. The SMILES string of the molecule is Cn1cc(COc2cccc(Cl)c2CO)nn1. The van der Waals surface area contributed by atoms with Crippen molar-refractivity contribution in [3.8, 4) is 5.75 Å². The summed E-state index contributed by atoms with van der Waals surface area (Å²) < 4.78 is 7.15. The smallest absolute Gasteiger partial charge is 0.134 e. The Labute approximate surface area is 104 Å². The van der Waals surface area contributed by atoms with Crippen molar-refractivity contribution >= 4 is 11.6 Å². The normalized spacial score (nSPS) is 10.5. The highest BCUT2D eigenvalue weighted by molar-refractivity contribution is 6.31. The first-order chi connectivity index (χ1) is 8.20. The molecule has 0 fully saturated rings.